The Bertz CT molecular complexity index is 1260. The molecule has 0 aliphatic rings. The molecule has 33 heavy (non-hydrogen) atoms. The number of carbonyl (C=O) groups excluding carboxylic acids is 2. The minimum absolute atomic E-state index is 0.110. The molecule has 9 heteroatoms. The van der Waals surface area contributed by atoms with Crippen LogP contribution in [-0.2, 0) is 14.8 Å². The molecule has 0 spiro atoms. The highest BCUT2D eigenvalue weighted by Crippen LogP contribution is 2.22. The monoisotopic (exact) mass is 466 g/mol. The van der Waals surface area contributed by atoms with Gasteiger partial charge in [-0.1, -0.05) is 36.4 Å². The number of nitrogens with zero attached hydrogens (tertiary/aromatic N) is 1. The van der Waals surface area contributed by atoms with Crippen LogP contribution in [0.1, 0.15) is 15.9 Å². The van der Waals surface area contributed by atoms with Crippen molar-refractivity contribution in [2.24, 2.45) is 0 Å². The molecular formula is C24H26N4O4S. The summed E-state index contributed by atoms with van der Waals surface area (Å²) in [5, 5.41) is 8.52. The van der Waals surface area contributed by atoms with E-state index in [4.69, 9.17) is 0 Å². The highest BCUT2D eigenvalue weighted by atomic mass is 32.2. The van der Waals surface area contributed by atoms with Crippen molar-refractivity contribution in [1.82, 2.24) is 4.31 Å². The number of nitrogens with one attached hydrogen (secondary N) is 3. The number of para-hydroxylation sites is 2. The van der Waals surface area contributed by atoms with Crippen LogP contribution in [0, 0.1) is 6.92 Å². The fourth-order valence-corrected chi connectivity index (χ4v) is 3.97. The standard InChI is InChI=1S/C24H26N4O4S/c1-17-13-14-19(33(31,32)28(2)3)15-22(17)25-16-23(29)27-21-12-8-7-11-20(21)24(30)26-18-9-5-4-6-10-18/h4-15,25H,16H2,1-3H3,(H,26,30)(H,27,29). The topological polar surface area (TPSA) is 108 Å². The molecule has 0 aliphatic heterocycles. The highest BCUT2D eigenvalue weighted by Gasteiger charge is 2.18. The molecule has 0 fully saturated rings. The molecular weight excluding hydrogens is 440 g/mol. The molecule has 2 amide bonds. The second-order valence-electron chi connectivity index (χ2n) is 7.53. The Morgan fingerprint density at radius 2 is 1.52 bits per heavy atom. The summed E-state index contributed by atoms with van der Waals surface area (Å²) in [7, 11) is -0.677. The Balaban J connectivity index is 1.70. The van der Waals surface area contributed by atoms with Crippen molar-refractivity contribution in [3.63, 3.8) is 0 Å². The van der Waals surface area contributed by atoms with Gasteiger partial charge in [0.15, 0.2) is 0 Å². The van der Waals surface area contributed by atoms with Gasteiger partial charge in [-0.2, -0.15) is 0 Å². The predicted molar refractivity (Wildman–Crippen MR) is 130 cm³/mol. The van der Waals surface area contributed by atoms with Crippen molar-refractivity contribution in [3.8, 4) is 0 Å². The molecule has 0 radical (unpaired) electrons. The summed E-state index contributed by atoms with van der Waals surface area (Å²) >= 11 is 0. The zero-order chi connectivity index (χ0) is 24.0. The van der Waals surface area contributed by atoms with Crippen molar-refractivity contribution >= 4 is 38.9 Å². The summed E-state index contributed by atoms with van der Waals surface area (Å²) < 4.78 is 25.9. The number of amides is 2. The first kappa shape index (κ1) is 24.0. The lowest BCUT2D eigenvalue weighted by Gasteiger charge is -2.15. The van der Waals surface area contributed by atoms with Crippen LogP contribution in [0.5, 0.6) is 0 Å². The zero-order valence-corrected chi connectivity index (χ0v) is 19.4. The van der Waals surface area contributed by atoms with Crippen LogP contribution in [0.4, 0.5) is 17.1 Å². The minimum atomic E-state index is -3.60. The predicted octanol–water partition coefficient (Wildman–Crippen LogP) is 3.55. The van der Waals surface area contributed by atoms with E-state index in [1.54, 1.807) is 42.5 Å². The van der Waals surface area contributed by atoms with Crippen LogP contribution in [-0.4, -0.2) is 45.2 Å². The number of carbonyl (C=O) groups is 2. The average Bonchev–Trinajstić information content (AvgIpc) is 2.79. The van der Waals surface area contributed by atoms with Crippen LogP contribution in [0.2, 0.25) is 0 Å². The summed E-state index contributed by atoms with van der Waals surface area (Å²) in [6, 6.07) is 20.4. The van der Waals surface area contributed by atoms with Gasteiger partial charge in [0.2, 0.25) is 15.9 Å². The average molecular weight is 467 g/mol. The molecule has 3 rings (SSSR count). The molecule has 172 valence electrons. The Labute approximate surface area is 193 Å². The Hall–Kier alpha value is -3.69. The van der Waals surface area contributed by atoms with Gasteiger partial charge in [0.05, 0.1) is 22.7 Å². The molecule has 0 bridgehead atoms. The second kappa shape index (κ2) is 10.3. The lowest BCUT2D eigenvalue weighted by molar-refractivity contribution is -0.114. The van der Waals surface area contributed by atoms with Crippen molar-refractivity contribution in [3.05, 3.63) is 83.9 Å². The largest absolute Gasteiger partial charge is 0.376 e. The molecule has 0 unspecified atom stereocenters. The van der Waals surface area contributed by atoms with Crippen LogP contribution >= 0.6 is 0 Å². The Kier molecular flexibility index (Phi) is 7.47. The fraction of sp³-hybridized carbons (Fsp3) is 0.167. The fourth-order valence-electron chi connectivity index (χ4n) is 3.04. The lowest BCUT2D eigenvalue weighted by atomic mass is 10.1. The van der Waals surface area contributed by atoms with E-state index < -0.39 is 10.0 Å². The summed E-state index contributed by atoms with van der Waals surface area (Å²) in [5.74, 6) is -0.724. The first-order chi connectivity index (χ1) is 15.7. The van der Waals surface area contributed by atoms with E-state index in [-0.39, 0.29) is 23.3 Å². The van der Waals surface area contributed by atoms with E-state index >= 15 is 0 Å². The second-order valence-corrected chi connectivity index (χ2v) is 9.68. The molecule has 3 N–H and O–H groups in total. The normalized spacial score (nSPS) is 11.2. The molecule has 3 aromatic rings. The molecule has 0 heterocycles. The van der Waals surface area contributed by atoms with Gasteiger partial charge in [0, 0.05) is 25.5 Å². The number of sulfonamides is 1. The Morgan fingerprint density at radius 3 is 2.21 bits per heavy atom. The van der Waals surface area contributed by atoms with E-state index in [0.29, 0.717) is 22.6 Å². The smallest absolute Gasteiger partial charge is 0.257 e. The summed E-state index contributed by atoms with van der Waals surface area (Å²) in [6.07, 6.45) is 0. The first-order valence-corrected chi connectivity index (χ1v) is 11.6. The lowest BCUT2D eigenvalue weighted by Crippen LogP contribution is -2.25. The molecule has 0 atom stereocenters. The summed E-state index contributed by atoms with van der Waals surface area (Å²) in [6.45, 7) is 1.70. The first-order valence-electron chi connectivity index (χ1n) is 10.2. The third kappa shape index (κ3) is 5.97. The van der Waals surface area contributed by atoms with Crippen LogP contribution in [0.25, 0.3) is 0 Å². The van der Waals surface area contributed by atoms with Crippen molar-refractivity contribution < 1.29 is 18.0 Å². The molecule has 0 aromatic heterocycles. The molecule has 0 saturated carbocycles. The van der Waals surface area contributed by atoms with E-state index in [1.807, 2.05) is 25.1 Å². The maximum absolute atomic E-state index is 12.7. The minimum Gasteiger partial charge on any atom is -0.376 e. The maximum Gasteiger partial charge on any atom is 0.257 e. The summed E-state index contributed by atoms with van der Waals surface area (Å²) in [5.41, 5.74) is 2.67. The van der Waals surface area contributed by atoms with Gasteiger partial charge in [-0.05, 0) is 48.9 Å². The number of aryl methyl sites for hydroxylation is 1. The van der Waals surface area contributed by atoms with Crippen molar-refractivity contribution in [2.75, 3.05) is 36.6 Å². The highest BCUT2D eigenvalue weighted by molar-refractivity contribution is 7.89. The molecule has 8 nitrogen and oxygen atoms in total. The van der Waals surface area contributed by atoms with Crippen LogP contribution in [0.15, 0.2) is 77.7 Å². The van der Waals surface area contributed by atoms with Gasteiger partial charge in [0.1, 0.15) is 0 Å². The van der Waals surface area contributed by atoms with E-state index in [0.717, 1.165) is 9.87 Å². The van der Waals surface area contributed by atoms with Crippen LogP contribution in [0.3, 0.4) is 0 Å². The molecule has 0 aliphatic carbocycles. The number of rotatable bonds is 8. The quantitative estimate of drug-likeness (QED) is 0.471. The van der Waals surface area contributed by atoms with E-state index in [1.165, 1.54) is 26.2 Å². The number of benzene rings is 3. The molecule has 0 saturated heterocycles. The van der Waals surface area contributed by atoms with Gasteiger partial charge in [-0.3, -0.25) is 9.59 Å². The van der Waals surface area contributed by atoms with Crippen LogP contribution < -0.4 is 16.0 Å². The SMILES string of the molecule is Cc1ccc(S(=O)(=O)N(C)C)cc1NCC(=O)Nc1ccccc1C(=O)Nc1ccccc1. The third-order valence-corrected chi connectivity index (χ3v) is 6.72. The number of hydrogen-bond acceptors (Lipinski definition) is 5. The van der Waals surface area contributed by atoms with E-state index in [2.05, 4.69) is 16.0 Å². The van der Waals surface area contributed by atoms with E-state index in [9.17, 15) is 18.0 Å². The van der Waals surface area contributed by atoms with Crippen molar-refractivity contribution in [1.29, 1.82) is 0 Å². The zero-order valence-electron chi connectivity index (χ0n) is 18.6. The molecule has 3 aromatic carbocycles. The van der Waals surface area contributed by atoms with Gasteiger partial charge < -0.3 is 16.0 Å². The van der Waals surface area contributed by atoms with Gasteiger partial charge in [-0.15, -0.1) is 0 Å². The maximum atomic E-state index is 12.7. The third-order valence-electron chi connectivity index (χ3n) is 4.90. The summed E-state index contributed by atoms with van der Waals surface area (Å²) in [4.78, 5) is 25.4. The van der Waals surface area contributed by atoms with Crippen molar-refractivity contribution in [2.45, 2.75) is 11.8 Å². The van der Waals surface area contributed by atoms with Gasteiger partial charge >= 0.3 is 0 Å². The van der Waals surface area contributed by atoms with Gasteiger partial charge in [-0.25, -0.2) is 12.7 Å². The number of anilines is 3. The Morgan fingerprint density at radius 1 is 0.848 bits per heavy atom. The van der Waals surface area contributed by atoms with Gasteiger partial charge in [0.25, 0.3) is 5.91 Å². The number of hydrogen-bond donors (Lipinski definition) is 3.